The highest BCUT2D eigenvalue weighted by Crippen LogP contribution is 2.29. The van der Waals surface area contributed by atoms with Crippen LogP contribution in [0.2, 0.25) is 5.15 Å². The first kappa shape index (κ1) is 9.43. The van der Waals surface area contributed by atoms with E-state index in [0.717, 1.165) is 15.8 Å². The number of hydrogen-bond donors (Lipinski definition) is 1. The van der Waals surface area contributed by atoms with Crippen molar-refractivity contribution in [1.82, 2.24) is 4.98 Å². The fourth-order valence-electron chi connectivity index (χ4n) is 1.26. The number of thiophene rings is 1. The van der Waals surface area contributed by atoms with Gasteiger partial charge in [-0.05, 0) is 19.1 Å². The molecule has 0 amide bonds. The summed E-state index contributed by atoms with van der Waals surface area (Å²) in [5.41, 5.74) is 0.760. The highest BCUT2D eigenvalue weighted by Gasteiger charge is 2.10. The van der Waals surface area contributed by atoms with Crippen LogP contribution in [0.25, 0.3) is 10.1 Å². The number of nitrogens with zero attached hydrogens (tertiary/aromatic N) is 1. The van der Waals surface area contributed by atoms with Crippen LogP contribution in [0.4, 0.5) is 0 Å². The predicted octanol–water partition coefficient (Wildman–Crippen LogP) is 2.96. The van der Waals surface area contributed by atoms with Crippen molar-refractivity contribution < 1.29 is 9.90 Å². The van der Waals surface area contributed by atoms with Crippen LogP contribution in [0.3, 0.4) is 0 Å². The molecule has 1 N–H and O–H groups in total. The van der Waals surface area contributed by atoms with Crippen molar-refractivity contribution in [2.24, 2.45) is 0 Å². The molecule has 14 heavy (non-hydrogen) atoms. The van der Waals surface area contributed by atoms with Crippen LogP contribution in [0.15, 0.2) is 12.1 Å². The largest absolute Gasteiger partial charge is 0.477 e. The third kappa shape index (κ3) is 1.47. The Hall–Kier alpha value is -1.13. The van der Waals surface area contributed by atoms with Crippen LogP contribution in [0, 0.1) is 6.92 Å². The lowest BCUT2D eigenvalue weighted by Gasteiger charge is -1.94. The van der Waals surface area contributed by atoms with E-state index in [1.165, 1.54) is 11.3 Å². The maximum Gasteiger partial charge on any atom is 0.345 e. The van der Waals surface area contributed by atoms with Crippen LogP contribution in [-0.4, -0.2) is 16.1 Å². The van der Waals surface area contributed by atoms with Crippen LogP contribution in [0.5, 0.6) is 0 Å². The molecule has 0 aromatic carbocycles. The Morgan fingerprint density at radius 2 is 2.29 bits per heavy atom. The molecule has 0 spiro atoms. The smallest absolute Gasteiger partial charge is 0.345 e. The van der Waals surface area contributed by atoms with Gasteiger partial charge in [-0.2, -0.15) is 0 Å². The van der Waals surface area contributed by atoms with Crippen molar-refractivity contribution in [3.8, 4) is 0 Å². The number of carbonyl (C=O) groups is 1. The molecule has 0 bridgehead atoms. The number of aryl methyl sites for hydroxylation is 1. The number of carboxylic acids is 1. The molecule has 0 aliphatic rings. The zero-order valence-electron chi connectivity index (χ0n) is 7.24. The molecule has 0 aliphatic heterocycles. The number of aromatic carboxylic acids is 1. The molecule has 3 nitrogen and oxygen atoms in total. The van der Waals surface area contributed by atoms with Crippen molar-refractivity contribution in [2.75, 3.05) is 0 Å². The second-order valence-corrected chi connectivity index (χ2v) is 4.33. The minimum absolute atomic E-state index is 0.312. The molecular formula is C9H6ClNO2S. The number of halogens is 1. The molecule has 0 saturated carbocycles. The zero-order chi connectivity index (χ0) is 10.3. The van der Waals surface area contributed by atoms with E-state index < -0.39 is 5.97 Å². The standard InChI is InChI=1S/C9H6ClNO2S/c1-4-5-2-7(9(12)13)14-6(5)3-8(10)11-4/h2-3H,1H3,(H,12,13). The maximum atomic E-state index is 10.7. The summed E-state index contributed by atoms with van der Waals surface area (Å²) < 4.78 is 0.861. The van der Waals surface area contributed by atoms with Gasteiger partial charge < -0.3 is 5.11 Å². The molecule has 2 heterocycles. The van der Waals surface area contributed by atoms with Gasteiger partial charge >= 0.3 is 5.97 Å². The fourth-order valence-corrected chi connectivity index (χ4v) is 2.55. The molecule has 0 unspecified atom stereocenters. The van der Waals surface area contributed by atoms with Gasteiger partial charge in [0, 0.05) is 15.8 Å². The quantitative estimate of drug-likeness (QED) is 0.762. The van der Waals surface area contributed by atoms with Crippen LogP contribution < -0.4 is 0 Å². The number of pyridine rings is 1. The highest BCUT2D eigenvalue weighted by molar-refractivity contribution is 7.20. The number of rotatable bonds is 1. The molecule has 2 aromatic heterocycles. The monoisotopic (exact) mass is 227 g/mol. The first-order valence-corrected chi connectivity index (χ1v) is 5.07. The maximum absolute atomic E-state index is 10.7. The lowest BCUT2D eigenvalue weighted by molar-refractivity contribution is 0.0702. The molecule has 0 atom stereocenters. The van der Waals surface area contributed by atoms with E-state index in [1.54, 1.807) is 12.1 Å². The SMILES string of the molecule is Cc1nc(Cl)cc2sc(C(=O)O)cc12. The van der Waals surface area contributed by atoms with Crippen molar-refractivity contribution in [3.63, 3.8) is 0 Å². The summed E-state index contributed by atoms with van der Waals surface area (Å²) >= 11 is 6.97. The van der Waals surface area contributed by atoms with Gasteiger partial charge in [-0.15, -0.1) is 11.3 Å². The lowest BCUT2D eigenvalue weighted by atomic mass is 10.2. The normalized spacial score (nSPS) is 10.7. The first-order chi connectivity index (χ1) is 6.58. The minimum atomic E-state index is -0.915. The van der Waals surface area contributed by atoms with E-state index in [4.69, 9.17) is 16.7 Å². The van der Waals surface area contributed by atoms with Gasteiger partial charge in [-0.1, -0.05) is 11.6 Å². The molecule has 0 saturated heterocycles. The average Bonchev–Trinajstić information content (AvgIpc) is 2.47. The number of aromatic nitrogens is 1. The third-order valence-electron chi connectivity index (χ3n) is 1.89. The molecular weight excluding hydrogens is 222 g/mol. The number of carboxylic acid groups (broad SMARTS) is 1. The summed E-state index contributed by atoms with van der Waals surface area (Å²) in [4.78, 5) is 15.1. The Bertz CT molecular complexity index is 521. The molecule has 5 heteroatoms. The van der Waals surface area contributed by atoms with Crippen LogP contribution in [0.1, 0.15) is 15.4 Å². The summed E-state index contributed by atoms with van der Waals surface area (Å²) in [6.45, 7) is 1.81. The Morgan fingerprint density at radius 3 is 2.93 bits per heavy atom. The van der Waals surface area contributed by atoms with Gasteiger partial charge in [-0.3, -0.25) is 0 Å². The third-order valence-corrected chi connectivity index (χ3v) is 3.15. The second-order valence-electron chi connectivity index (χ2n) is 2.86. The second kappa shape index (κ2) is 3.22. The van der Waals surface area contributed by atoms with Crippen LogP contribution in [-0.2, 0) is 0 Å². The van der Waals surface area contributed by atoms with Crippen molar-refractivity contribution in [2.45, 2.75) is 6.92 Å². The average molecular weight is 228 g/mol. The Labute approximate surface area is 89.0 Å². The molecule has 2 rings (SSSR count). The lowest BCUT2D eigenvalue weighted by Crippen LogP contribution is -1.89. The number of hydrogen-bond acceptors (Lipinski definition) is 3. The molecule has 0 fully saturated rings. The zero-order valence-corrected chi connectivity index (χ0v) is 8.82. The molecule has 2 aromatic rings. The summed E-state index contributed by atoms with van der Waals surface area (Å²) in [7, 11) is 0. The van der Waals surface area contributed by atoms with Gasteiger partial charge in [0.05, 0.1) is 0 Å². The van der Waals surface area contributed by atoms with Crippen LogP contribution >= 0.6 is 22.9 Å². The molecule has 72 valence electrons. The fraction of sp³-hybridized carbons (Fsp3) is 0.111. The molecule has 0 radical (unpaired) electrons. The number of fused-ring (bicyclic) bond motifs is 1. The van der Waals surface area contributed by atoms with Gasteiger partial charge in [-0.25, -0.2) is 9.78 Å². The van der Waals surface area contributed by atoms with Gasteiger partial charge in [0.2, 0.25) is 0 Å². The van der Waals surface area contributed by atoms with Crippen molar-refractivity contribution in [1.29, 1.82) is 0 Å². The van der Waals surface area contributed by atoms with E-state index in [0.29, 0.717) is 10.0 Å². The summed E-state index contributed by atoms with van der Waals surface area (Å²) in [5.74, 6) is -0.915. The van der Waals surface area contributed by atoms with Gasteiger partial charge in [0.25, 0.3) is 0 Å². The van der Waals surface area contributed by atoms with Gasteiger partial charge in [0.1, 0.15) is 10.0 Å². The van der Waals surface area contributed by atoms with Gasteiger partial charge in [0.15, 0.2) is 0 Å². The van der Waals surface area contributed by atoms with Crippen molar-refractivity contribution >= 4 is 39.0 Å². The molecule has 0 aliphatic carbocycles. The van der Waals surface area contributed by atoms with E-state index in [2.05, 4.69) is 4.98 Å². The Kier molecular flexibility index (Phi) is 2.17. The Morgan fingerprint density at radius 1 is 1.57 bits per heavy atom. The van der Waals surface area contributed by atoms with E-state index in [-0.39, 0.29) is 0 Å². The van der Waals surface area contributed by atoms with E-state index >= 15 is 0 Å². The van der Waals surface area contributed by atoms with E-state index in [9.17, 15) is 4.79 Å². The predicted molar refractivity (Wildman–Crippen MR) is 56.3 cm³/mol. The first-order valence-electron chi connectivity index (χ1n) is 3.88. The minimum Gasteiger partial charge on any atom is -0.477 e. The van der Waals surface area contributed by atoms with Crippen molar-refractivity contribution in [3.05, 3.63) is 27.9 Å². The summed E-state index contributed by atoms with van der Waals surface area (Å²) in [6, 6.07) is 3.31. The Balaban J connectivity index is 2.76. The summed E-state index contributed by atoms with van der Waals surface area (Å²) in [6.07, 6.45) is 0. The highest BCUT2D eigenvalue weighted by atomic mass is 35.5. The van der Waals surface area contributed by atoms with E-state index in [1.807, 2.05) is 6.92 Å². The summed E-state index contributed by atoms with van der Waals surface area (Å²) in [5, 5.41) is 10.1. The topological polar surface area (TPSA) is 50.2 Å².